The largest absolute Gasteiger partial charge is 0.378 e. The van der Waals surface area contributed by atoms with E-state index in [9.17, 15) is 4.79 Å². The van der Waals surface area contributed by atoms with Gasteiger partial charge in [0.1, 0.15) is 5.82 Å². The van der Waals surface area contributed by atoms with Crippen LogP contribution in [0, 0.1) is 13.8 Å². The van der Waals surface area contributed by atoms with Gasteiger partial charge in [0.05, 0.1) is 36.4 Å². The third-order valence-corrected chi connectivity index (χ3v) is 6.25. The minimum Gasteiger partial charge on any atom is -0.378 e. The number of morpholine rings is 1. The van der Waals surface area contributed by atoms with Crippen molar-refractivity contribution in [2.45, 2.75) is 13.8 Å². The lowest BCUT2D eigenvalue weighted by Crippen LogP contribution is -2.49. The van der Waals surface area contributed by atoms with Gasteiger partial charge in [-0.25, -0.2) is 9.67 Å². The number of carbonyl (C=O) groups excluding carboxylic acids is 1. The number of carbonyl (C=O) groups is 1. The van der Waals surface area contributed by atoms with E-state index in [2.05, 4.69) is 19.9 Å². The molecular formula is C24H29N7O2. The van der Waals surface area contributed by atoms with Crippen LogP contribution in [0.15, 0.2) is 42.6 Å². The zero-order valence-electron chi connectivity index (χ0n) is 19.1. The van der Waals surface area contributed by atoms with Crippen molar-refractivity contribution in [3.63, 3.8) is 0 Å². The highest BCUT2D eigenvalue weighted by atomic mass is 16.5. The van der Waals surface area contributed by atoms with Crippen LogP contribution in [0.2, 0.25) is 0 Å². The molecule has 3 aromatic rings. The Hall–Kier alpha value is -3.46. The van der Waals surface area contributed by atoms with E-state index in [0.717, 1.165) is 55.0 Å². The van der Waals surface area contributed by atoms with Gasteiger partial charge < -0.3 is 19.4 Å². The van der Waals surface area contributed by atoms with Crippen molar-refractivity contribution in [3.8, 4) is 5.69 Å². The van der Waals surface area contributed by atoms with E-state index in [-0.39, 0.29) is 5.91 Å². The Morgan fingerprint density at radius 1 is 0.909 bits per heavy atom. The zero-order chi connectivity index (χ0) is 22.8. The van der Waals surface area contributed by atoms with Crippen LogP contribution in [0.1, 0.15) is 21.7 Å². The average molecular weight is 448 g/mol. The Morgan fingerprint density at radius 2 is 1.64 bits per heavy atom. The lowest BCUT2D eigenvalue weighted by atomic mass is 10.2. The summed E-state index contributed by atoms with van der Waals surface area (Å²) < 4.78 is 7.27. The van der Waals surface area contributed by atoms with Gasteiger partial charge in [-0.3, -0.25) is 4.79 Å². The normalized spacial score (nSPS) is 16.8. The molecule has 2 aliphatic rings. The van der Waals surface area contributed by atoms with E-state index in [1.165, 1.54) is 0 Å². The lowest BCUT2D eigenvalue weighted by Gasteiger charge is -2.36. The van der Waals surface area contributed by atoms with E-state index in [1.807, 2.05) is 59.8 Å². The quantitative estimate of drug-likeness (QED) is 0.606. The Kier molecular flexibility index (Phi) is 5.95. The number of anilines is 2. The first kappa shape index (κ1) is 21.4. The summed E-state index contributed by atoms with van der Waals surface area (Å²) in [6.07, 6.45) is 1.68. The number of hydrogen-bond acceptors (Lipinski definition) is 7. The van der Waals surface area contributed by atoms with Crippen molar-refractivity contribution in [2.75, 3.05) is 62.3 Å². The molecule has 0 atom stereocenters. The average Bonchev–Trinajstić information content (AvgIpc) is 3.25. The first-order valence-corrected chi connectivity index (χ1v) is 11.4. The second-order valence-electron chi connectivity index (χ2n) is 8.44. The van der Waals surface area contributed by atoms with Crippen LogP contribution >= 0.6 is 0 Å². The molecule has 172 valence electrons. The number of piperazine rings is 1. The first-order chi connectivity index (χ1) is 16.1. The first-order valence-electron chi connectivity index (χ1n) is 11.4. The molecule has 0 aliphatic carbocycles. The summed E-state index contributed by atoms with van der Waals surface area (Å²) in [5.41, 5.74) is 3.41. The maximum Gasteiger partial charge on any atom is 0.257 e. The SMILES string of the molecule is Cc1cc(N2CCN(C(=O)c3cnn(-c4ccccc4)c3C)CC2)nc(N2CCOCC2)n1. The lowest BCUT2D eigenvalue weighted by molar-refractivity contribution is 0.0745. The number of nitrogens with zero attached hydrogens (tertiary/aromatic N) is 7. The van der Waals surface area contributed by atoms with Crippen molar-refractivity contribution in [3.05, 3.63) is 59.5 Å². The number of aryl methyl sites for hydroxylation is 1. The highest BCUT2D eigenvalue weighted by Crippen LogP contribution is 2.21. The van der Waals surface area contributed by atoms with Crippen LogP contribution in [-0.4, -0.2) is 83.0 Å². The number of benzene rings is 1. The molecule has 9 heteroatoms. The maximum atomic E-state index is 13.2. The molecule has 33 heavy (non-hydrogen) atoms. The van der Waals surface area contributed by atoms with Gasteiger partial charge in [0.15, 0.2) is 0 Å². The van der Waals surface area contributed by atoms with Crippen LogP contribution < -0.4 is 9.80 Å². The number of amides is 1. The summed E-state index contributed by atoms with van der Waals surface area (Å²) >= 11 is 0. The summed E-state index contributed by atoms with van der Waals surface area (Å²) in [7, 11) is 0. The molecule has 5 rings (SSSR count). The van der Waals surface area contributed by atoms with E-state index in [1.54, 1.807) is 6.20 Å². The molecule has 2 saturated heterocycles. The van der Waals surface area contributed by atoms with Crippen molar-refractivity contribution >= 4 is 17.7 Å². The van der Waals surface area contributed by atoms with Crippen molar-refractivity contribution in [1.29, 1.82) is 0 Å². The number of ether oxygens (including phenoxy) is 1. The molecule has 0 unspecified atom stereocenters. The molecule has 4 heterocycles. The summed E-state index contributed by atoms with van der Waals surface area (Å²) in [5, 5.41) is 4.46. The minimum absolute atomic E-state index is 0.0298. The van der Waals surface area contributed by atoms with Gasteiger partial charge in [0, 0.05) is 51.0 Å². The third-order valence-electron chi connectivity index (χ3n) is 6.25. The molecule has 2 aliphatic heterocycles. The second kappa shape index (κ2) is 9.19. The number of aromatic nitrogens is 4. The Labute approximate surface area is 193 Å². The smallest absolute Gasteiger partial charge is 0.257 e. The van der Waals surface area contributed by atoms with Gasteiger partial charge in [-0.05, 0) is 26.0 Å². The third kappa shape index (κ3) is 4.41. The Bertz CT molecular complexity index is 1120. The number of hydrogen-bond donors (Lipinski definition) is 0. The van der Waals surface area contributed by atoms with Crippen molar-refractivity contribution in [2.24, 2.45) is 0 Å². The zero-order valence-corrected chi connectivity index (χ0v) is 19.1. The number of para-hydroxylation sites is 1. The van der Waals surface area contributed by atoms with Gasteiger partial charge in [0.2, 0.25) is 5.95 Å². The molecule has 0 radical (unpaired) electrons. The molecule has 2 aromatic heterocycles. The highest BCUT2D eigenvalue weighted by molar-refractivity contribution is 5.95. The summed E-state index contributed by atoms with van der Waals surface area (Å²) in [4.78, 5) is 29.0. The van der Waals surface area contributed by atoms with Crippen molar-refractivity contribution < 1.29 is 9.53 Å². The van der Waals surface area contributed by atoms with Crippen LogP contribution in [0.5, 0.6) is 0 Å². The highest BCUT2D eigenvalue weighted by Gasteiger charge is 2.26. The van der Waals surface area contributed by atoms with Crippen LogP contribution in [0.4, 0.5) is 11.8 Å². The van der Waals surface area contributed by atoms with E-state index < -0.39 is 0 Å². The minimum atomic E-state index is 0.0298. The fraction of sp³-hybridized carbons (Fsp3) is 0.417. The van der Waals surface area contributed by atoms with E-state index in [0.29, 0.717) is 31.9 Å². The van der Waals surface area contributed by atoms with Crippen molar-refractivity contribution in [1.82, 2.24) is 24.6 Å². The predicted molar refractivity (Wildman–Crippen MR) is 126 cm³/mol. The van der Waals surface area contributed by atoms with E-state index >= 15 is 0 Å². The fourth-order valence-corrected chi connectivity index (χ4v) is 4.36. The standard InChI is InChI=1S/C24H29N7O2/c1-18-16-22(27-24(26-18)30-12-14-33-15-13-30)28-8-10-29(11-9-28)23(32)21-17-25-31(19(21)2)20-6-4-3-5-7-20/h3-7,16-17H,8-15H2,1-2H3. The Balaban J connectivity index is 1.27. The molecule has 0 N–H and O–H groups in total. The summed E-state index contributed by atoms with van der Waals surface area (Å²) in [6, 6.07) is 11.9. The van der Waals surface area contributed by atoms with Crippen LogP contribution in [-0.2, 0) is 4.74 Å². The maximum absolute atomic E-state index is 13.2. The Morgan fingerprint density at radius 3 is 2.36 bits per heavy atom. The molecule has 1 amide bonds. The van der Waals surface area contributed by atoms with Gasteiger partial charge in [-0.1, -0.05) is 18.2 Å². The molecule has 0 spiro atoms. The molecule has 0 bridgehead atoms. The molecule has 1 aromatic carbocycles. The predicted octanol–water partition coefficient (Wildman–Crippen LogP) is 2.08. The van der Waals surface area contributed by atoms with Gasteiger partial charge in [-0.2, -0.15) is 10.1 Å². The topological polar surface area (TPSA) is 79.6 Å². The monoisotopic (exact) mass is 447 g/mol. The number of rotatable bonds is 4. The summed E-state index contributed by atoms with van der Waals surface area (Å²) in [6.45, 7) is 9.72. The molecule has 2 fully saturated rings. The fourth-order valence-electron chi connectivity index (χ4n) is 4.36. The van der Waals surface area contributed by atoms with Gasteiger partial charge in [-0.15, -0.1) is 0 Å². The second-order valence-corrected chi connectivity index (χ2v) is 8.44. The van der Waals surface area contributed by atoms with Crippen LogP contribution in [0.25, 0.3) is 5.69 Å². The van der Waals surface area contributed by atoms with Gasteiger partial charge >= 0.3 is 0 Å². The molecule has 9 nitrogen and oxygen atoms in total. The van der Waals surface area contributed by atoms with Gasteiger partial charge in [0.25, 0.3) is 5.91 Å². The molecule has 0 saturated carbocycles. The summed E-state index contributed by atoms with van der Waals surface area (Å²) in [5.74, 6) is 1.71. The molecular weight excluding hydrogens is 418 g/mol. The van der Waals surface area contributed by atoms with Crippen LogP contribution in [0.3, 0.4) is 0 Å². The van der Waals surface area contributed by atoms with E-state index in [4.69, 9.17) is 9.72 Å².